The molecule has 0 aromatic carbocycles. The first-order chi connectivity index (χ1) is 8.99. The fraction of sp³-hybridized carbons (Fsp3) is 0.308. The summed E-state index contributed by atoms with van der Waals surface area (Å²) in [5.74, 6) is 0. The third kappa shape index (κ3) is 3.49. The predicted molar refractivity (Wildman–Crippen MR) is 66.7 cm³/mol. The molecule has 0 saturated carbocycles. The zero-order valence-corrected chi connectivity index (χ0v) is 10.4. The summed E-state index contributed by atoms with van der Waals surface area (Å²) in [5.41, 5.74) is 0.759. The zero-order valence-electron chi connectivity index (χ0n) is 10.4. The number of hydrogen-bond donors (Lipinski definition) is 1. The van der Waals surface area contributed by atoms with Crippen molar-refractivity contribution >= 4 is 5.69 Å². The molecule has 0 aliphatic carbocycles. The van der Waals surface area contributed by atoms with Crippen molar-refractivity contribution in [1.29, 1.82) is 0 Å². The summed E-state index contributed by atoms with van der Waals surface area (Å²) in [6, 6.07) is 4.32. The quantitative estimate of drug-likeness (QED) is 0.920. The van der Waals surface area contributed by atoms with Gasteiger partial charge in [-0.1, -0.05) is 0 Å². The molecule has 2 aromatic rings. The molecule has 0 spiro atoms. The lowest BCUT2D eigenvalue weighted by molar-refractivity contribution is -0.141. The standard InChI is InChI=1S/C13H14F3N3/c1-2-19-6-5-10(9-19)7-17-11-3-4-12(18-8-11)13(14,15)16/h3-6,8-9,17H,2,7H2,1H3. The molecule has 19 heavy (non-hydrogen) atoms. The summed E-state index contributed by atoms with van der Waals surface area (Å²) in [6.07, 6.45) is 0.753. The number of hydrogen-bond acceptors (Lipinski definition) is 2. The maximum Gasteiger partial charge on any atom is 0.433 e. The van der Waals surface area contributed by atoms with E-state index < -0.39 is 11.9 Å². The number of aromatic nitrogens is 2. The molecule has 0 unspecified atom stereocenters. The highest BCUT2D eigenvalue weighted by Crippen LogP contribution is 2.27. The molecule has 1 N–H and O–H groups in total. The minimum Gasteiger partial charge on any atom is -0.380 e. The van der Waals surface area contributed by atoms with Crippen LogP contribution in [0, 0.1) is 0 Å². The molecule has 0 aliphatic rings. The summed E-state index contributed by atoms with van der Waals surface area (Å²) < 4.78 is 39.0. The fourth-order valence-corrected chi connectivity index (χ4v) is 1.66. The highest BCUT2D eigenvalue weighted by molar-refractivity contribution is 5.41. The van der Waals surface area contributed by atoms with Crippen LogP contribution < -0.4 is 5.32 Å². The van der Waals surface area contributed by atoms with E-state index in [1.54, 1.807) is 0 Å². The van der Waals surface area contributed by atoms with Gasteiger partial charge >= 0.3 is 6.18 Å². The Hall–Kier alpha value is -1.98. The van der Waals surface area contributed by atoms with E-state index in [0.717, 1.165) is 18.2 Å². The lowest BCUT2D eigenvalue weighted by Crippen LogP contribution is -2.08. The van der Waals surface area contributed by atoms with Crippen molar-refractivity contribution in [1.82, 2.24) is 9.55 Å². The van der Waals surface area contributed by atoms with Crippen molar-refractivity contribution in [2.24, 2.45) is 0 Å². The molecule has 2 aromatic heterocycles. The monoisotopic (exact) mass is 269 g/mol. The number of alkyl halides is 3. The van der Waals surface area contributed by atoms with Crippen LogP contribution in [0.1, 0.15) is 18.2 Å². The van der Waals surface area contributed by atoms with Gasteiger partial charge in [0.05, 0.1) is 11.9 Å². The number of halogens is 3. The Morgan fingerprint density at radius 3 is 2.58 bits per heavy atom. The molecule has 0 fully saturated rings. The third-order valence-corrected chi connectivity index (χ3v) is 2.73. The van der Waals surface area contributed by atoms with Gasteiger partial charge in [-0.3, -0.25) is 0 Å². The zero-order chi connectivity index (χ0) is 13.9. The molecule has 0 saturated heterocycles. The smallest absolute Gasteiger partial charge is 0.380 e. The van der Waals surface area contributed by atoms with Crippen LogP contribution in [-0.2, 0) is 19.3 Å². The predicted octanol–water partition coefficient (Wildman–Crippen LogP) is 3.53. The third-order valence-electron chi connectivity index (χ3n) is 2.73. The summed E-state index contributed by atoms with van der Waals surface area (Å²) in [4.78, 5) is 3.39. The summed E-state index contributed by atoms with van der Waals surface area (Å²) in [7, 11) is 0. The van der Waals surface area contributed by atoms with E-state index in [2.05, 4.69) is 10.3 Å². The van der Waals surface area contributed by atoms with Gasteiger partial charge in [-0.05, 0) is 30.7 Å². The molecule has 3 nitrogen and oxygen atoms in total. The van der Waals surface area contributed by atoms with Gasteiger partial charge in [0.2, 0.25) is 0 Å². The van der Waals surface area contributed by atoms with Crippen molar-refractivity contribution in [3.63, 3.8) is 0 Å². The summed E-state index contributed by atoms with van der Waals surface area (Å²) in [5, 5.41) is 3.03. The maximum atomic E-state index is 12.3. The van der Waals surface area contributed by atoms with Gasteiger partial charge in [-0.15, -0.1) is 0 Å². The van der Waals surface area contributed by atoms with Crippen LogP contribution >= 0.6 is 0 Å². The van der Waals surface area contributed by atoms with Crippen LogP contribution in [0.4, 0.5) is 18.9 Å². The van der Waals surface area contributed by atoms with Gasteiger partial charge in [0.25, 0.3) is 0 Å². The van der Waals surface area contributed by atoms with Crippen molar-refractivity contribution in [2.75, 3.05) is 5.32 Å². The molecule has 2 heterocycles. The van der Waals surface area contributed by atoms with Crippen LogP contribution in [0.15, 0.2) is 36.8 Å². The van der Waals surface area contributed by atoms with Crippen LogP contribution in [0.2, 0.25) is 0 Å². The molecule has 0 bridgehead atoms. The van der Waals surface area contributed by atoms with Gasteiger partial charge in [0.1, 0.15) is 5.69 Å². The molecular formula is C13H14F3N3. The average Bonchev–Trinajstić information content (AvgIpc) is 2.84. The lowest BCUT2D eigenvalue weighted by Gasteiger charge is -2.08. The van der Waals surface area contributed by atoms with Crippen molar-refractivity contribution in [3.8, 4) is 0 Å². The van der Waals surface area contributed by atoms with Crippen molar-refractivity contribution in [3.05, 3.63) is 48.0 Å². The number of aryl methyl sites for hydroxylation is 1. The SMILES string of the molecule is CCn1ccc(CNc2ccc(C(F)(F)F)nc2)c1. The second-order valence-corrected chi connectivity index (χ2v) is 4.13. The first-order valence-electron chi connectivity index (χ1n) is 5.91. The molecule has 2 rings (SSSR count). The Morgan fingerprint density at radius 1 is 1.26 bits per heavy atom. The van der Waals surface area contributed by atoms with Gasteiger partial charge in [0, 0.05) is 25.5 Å². The van der Waals surface area contributed by atoms with E-state index in [1.807, 2.05) is 30.0 Å². The van der Waals surface area contributed by atoms with Gasteiger partial charge in [-0.2, -0.15) is 13.2 Å². The highest BCUT2D eigenvalue weighted by Gasteiger charge is 2.31. The number of nitrogens with zero attached hydrogens (tertiary/aromatic N) is 2. The Balaban J connectivity index is 1.96. The van der Waals surface area contributed by atoms with Crippen LogP contribution in [0.3, 0.4) is 0 Å². The van der Waals surface area contributed by atoms with Gasteiger partial charge in [0.15, 0.2) is 0 Å². The Kier molecular flexibility index (Phi) is 3.78. The largest absolute Gasteiger partial charge is 0.433 e. The summed E-state index contributed by atoms with van der Waals surface area (Å²) >= 11 is 0. The molecule has 0 atom stereocenters. The second-order valence-electron chi connectivity index (χ2n) is 4.13. The Morgan fingerprint density at radius 2 is 2.05 bits per heavy atom. The highest BCUT2D eigenvalue weighted by atomic mass is 19.4. The number of nitrogens with one attached hydrogen (secondary N) is 1. The lowest BCUT2D eigenvalue weighted by atomic mass is 10.3. The molecular weight excluding hydrogens is 255 g/mol. The summed E-state index contributed by atoms with van der Waals surface area (Å²) in [6.45, 7) is 3.48. The Bertz CT molecular complexity index is 529. The fourth-order valence-electron chi connectivity index (χ4n) is 1.66. The van der Waals surface area contributed by atoms with Crippen molar-refractivity contribution in [2.45, 2.75) is 26.2 Å². The molecule has 0 aliphatic heterocycles. The minimum absolute atomic E-state index is 0.556. The number of pyridine rings is 1. The molecule has 0 radical (unpaired) electrons. The Labute approximate surface area is 109 Å². The average molecular weight is 269 g/mol. The number of anilines is 1. The van der Waals surface area contributed by atoms with E-state index in [9.17, 15) is 13.2 Å². The minimum atomic E-state index is -4.39. The van der Waals surface area contributed by atoms with Gasteiger partial charge < -0.3 is 9.88 Å². The first-order valence-corrected chi connectivity index (χ1v) is 5.91. The van der Waals surface area contributed by atoms with Crippen LogP contribution in [0.25, 0.3) is 0 Å². The van der Waals surface area contributed by atoms with E-state index >= 15 is 0 Å². The van der Waals surface area contributed by atoms with E-state index in [0.29, 0.717) is 12.2 Å². The second kappa shape index (κ2) is 5.34. The first kappa shape index (κ1) is 13.5. The van der Waals surface area contributed by atoms with Crippen LogP contribution in [0.5, 0.6) is 0 Å². The molecule has 6 heteroatoms. The molecule has 102 valence electrons. The van der Waals surface area contributed by atoms with Crippen LogP contribution in [-0.4, -0.2) is 9.55 Å². The maximum absolute atomic E-state index is 12.3. The van der Waals surface area contributed by atoms with E-state index in [-0.39, 0.29) is 0 Å². The van der Waals surface area contributed by atoms with Gasteiger partial charge in [-0.25, -0.2) is 4.98 Å². The topological polar surface area (TPSA) is 29.9 Å². The molecule has 0 amide bonds. The number of rotatable bonds is 4. The van der Waals surface area contributed by atoms with Crippen molar-refractivity contribution < 1.29 is 13.2 Å². The van der Waals surface area contributed by atoms with E-state index in [1.165, 1.54) is 12.3 Å². The van der Waals surface area contributed by atoms with E-state index in [4.69, 9.17) is 0 Å². The normalized spacial score (nSPS) is 11.6.